The predicted octanol–water partition coefficient (Wildman–Crippen LogP) is 4.77. The maximum absolute atomic E-state index is 5.83. The molecule has 0 bridgehead atoms. The first kappa shape index (κ1) is 16.5. The number of hydrogen-bond donors (Lipinski definition) is 1. The molecule has 0 spiro atoms. The van der Waals surface area contributed by atoms with E-state index < -0.39 is 0 Å². The van der Waals surface area contributed by atoms with Crippen molar-refractivity contribution in [2.75, 3.05) is 12.0 Å². The molecule has 0 saturated heterocycles. The highest BCUT2D eigenvalue weighted by molar-refractivity contribution is 7.15. The Labute approximate surface area is 136 Å². The predicted molar refractivity (Wildman–Crippen MR) is 94.3 cm³/mol. The number of para-hydroxylation sites is 1. The number of thiazole rings is 1. The van der Waals surface area contributed by atoms with E-state index in [4.69, 9.17) is 4.74 Å². The molecule has 0 aliphatic heterocycles. The van der Waals surface area contributed by atoms with E-state index in [0.29, 0.717) is 0 Å². The fraction of sp³-hybridized carbons (Fsp3) is 0.412. The molecule has 4 nitrogen and oxygen atoms in total. The summed E-state index contributed by atoms with van der Waals surface area (Å²) in [6.45, 7) is 6.99. The van der Waals surface area contributed by atoms with Gasteiger partial charge in [-0.3, -0.25) is 5.43 Å². The third-order valence-corrected chi connectivity index (χ3v) is 4.29. The Bertz CT molecular complexity index is 603. The minimum atomic E-state index is 0.747. The zero-order valence-corrected chi connectivity index (χ0v) is 14.2. The number of anilines is 1. The van der Waals surface area contributed by atoms with Crippen LogP contribution in [0.4, 0.5) is 5.13 Å². The van der Waals surface area contributed by atoms with Gasteiger partial charge in [0.15, 0.2) is 0 Å². The van der Waals surface area contributed by atoms with Gasteiger partial charge in [0.05, 0.1) is 18.5 Å². The van der Waals surface area contributed by atoms with Crippen LogP contribution in [0.25, 0.3) is 0 Å². The van der Waals surface area contributed by atoms with Crippen molar-refractivity contribution in [2.45, 2.75) is 40.0 Å². The Morgan fingerprint density at radius 1 is 1.27 bits per heavy atom. The molecule has 1 N–H and O–H groups in total. The summed E-state index contributed by atoms with van der Waals surface area (Å²) in [5.41, 5.74) is 4.99. The van der Waals surface area contributed by atoms with Crippen LogP contribution in [0.15, 0.2) is 29.4 Å². The Hall–Kier alpha value is -1.88. The Kier molecular flexibility index (Phi) is 6.40. The largest absolute Gasteiger partial charge is 0.493 e. The molecule has 22 heavy (non-hydrogen) atoms. The average molecular weight is 317 g/mol. The fourth-order valence-electron chi connectivity index (χ4n) is 1.93. The second-order valence-electron chi connectivity index (χ2n) is 5.12. The molecular formula is C17H23N3OS. The zero-order chi connectivity index (χ0) is 15.8. The summed E-state index contributed by atoms with van der Waals surface area (Å²) in [4.78, 5) is 5.60. The summed E-state index contributed by atoms with van der Waals surface area (Å²) in [6.07, 6.45) is 5.25. The maximum atomic E-state index is 5.83. The van der Waals surface area contributed by atoms with Gasteiger partial charge in [-0.1, -0.05) is 31.9 Å². The smallest absolute Gasteiger partial charge is 0.203 e. The lowest BCUT2D eigenvalue weighted by molar-refractivity contribution is 0.306. The van der Waals surface area contributed by atoms with Crippen LogP contribution in [0.3, 0.4) is 0 Å². The van der Waals surface area contributed by atoms with Crippen LogP contribution < -0.4 is 10.2 Å². The van der Waals surface area contributed by atoms with Crippen molar-refractivity contribution >= 4 is 22.7 Å². The van der Waals surface area contributed by atoms with Gasteiger partial charge in [-0.2, -0.15) is 5.10 Å². The van der Waals surface area contributed by atoms with E-state index >= 15 is 0 Å². The highest BCUT2D eigenvalue weighted by atomic mass is 32.1. The molecule has 0 unspecified atom stereocenters. The number of ether oxygens (including phenoxy) is 1. The third-order valence-electron chi connectivity index (χ3n) is 3.32. The highest BCUT2D eigenvalue weighted by Crippen LogP contribution is 2.21. The quantitative estimate of drug-likeness (QED) is 0.433. The number of aryl methyl sites for hydroxylation is 2. The molecule has 0 radical (unpaired) electrons. The van der Waals surface area contributed by atoms with E-state index in [1.54, 1.807) is 17.6 Å². The molecular weight excluding hydrogens is 294 g/mol. The van der Waals surface area contributed by atoms with Crippen LogP contribution in [-0.4, -0.2) is 17.8 Å². The normalized spacial score (nSPS) is 11.0. The molecule has 2 rings (SSSR count). The van der Waals surface area contributed by atoms with Gasteiger partial charge in [0.1, 0.15) is 5.75 Å². The molecule has 0 amide bonds. The van der Waals surface area contributed by atoms with Gasteiger partial charge in [0, 0.05) is 10.4 Å². The molecule has 0 atom stereocenters. The van der Waals surface area contributed by atoms with E-state index in [1.807, 2.05) is 31.2 Å². The summed E-state index contributed by atoms with van der Waals surface area (Å²) in [6, 6.07) is 7.94. The number of rotatable bonds is 8. The molecule has 1 aromatic heterocycles. The Morgan fingerprint density at radius 2 is 2.09 bits per heavy atom. The van der Waals surface area contributed by atoms with Crippen molar-refractivity contribution in [3.63, 3.8) is 0 Å². The molecule has 0 aliphatic carbocycles. The molecule has 2 aromatic rings. The molecule has 118 valence electrons. The number of unbranched alkanes of at least 4 members (excludes halogenated alkanes) is 2. The van der Waals surface area contributed by atoms with Gasteiger partial charge in [-0.05, 0) is 32.4 Å². The van der Waals surface area contributed by atoms with Crippen molar-refractivity contribution in [1.29, 1.82) is 0 Å². The van der Waals surface area contributed by atoms with Crippen molar-refractivity contribution in [1.82, 2.24) is 4.98 Å². The first-order valence-corrected chi connectivity index (χ1v) is 8.47. The lowest BCUT2D eigenvalue weighted by Gasteiger charge is -2.08. The zero-order valence-electron chi connectivity index (χ0n) is 13.4. The van der Waals surface area contributed by atoms with E-state index in [9.17, 15) is 0 Å². The molecule has 0 saturated carbocycles. The number of nitrogens with one attached hydrogen (secondary N) is 1. The SMILES string of the molecule is CCCCCOc1ccccc1/C=N/Nc1nc(C)c(C)s1. The van der Waals surface area contributed by atoms with Gasteiger partial charge < -0.3 is 4.74 Å². The highest BCUT2D eigenvalue weighted by Gasteiger charge is 2.02. The van der Waals surface area contributed by atoms with E-state index in [-0.39, 0.29) is 0 Å². The summed E-state index contributed by atoms with van der Waals surface area (Å²) in [7, 11) is 0. The minimum absolute atomic E-state index is 0.747. The Morgan fingerprint density at radius 3 is 2.82 bits per heavy atom. The number of hydrogen-bond acceptors (Lipinski definition) is 5. The topological polar surface area (TPSA) is 46.5 Å². The third kappa shape index (κ3) is 4.84. The van der Waals surface area contributed by atoms with Crippen LogP contribution in [-0.2, 0) is 0 Å². The van der Waals surface area contributed by atoms with Gasteiger partial charge in [-0.15, -0.1) is 11.3 Å². The van der Waals surface area contributed by atoms with Crippen molar-refractivity contribution in [3.05, 3.63) is 40.4 Å². The van der Waals surface area contributed by atoms with E-state index in [1.165, 1.54) is 17.7 Å². The fourth-order valence-corrected chi connectivity index (χ4v) is 2.69. The lowest BCUT2D eigenvalue weighted by atomic mass is 10.2. The maximum Gasteiger partial charge on any atom is 0.203 e. The second kappa shape index (κ2) is 8.54. The average Bonchev–Trinajstić information content (AvgIpc) is 2.83. The van der Waals surface area contributed by atoms with Crippen LogP contribution >= 0.6 is 11.3 Å². The van der Waals surface area contributed by atoms with Gasteiger partial charge in [0.25, 0.3) is 0 Å². The lowest BCUT2D eigenvalue weighted by Crippen LogP contribution is -2.00. The van der Waals surface area contributed by atoms with Gasteiger partial charge >= 0.3 is 0 Å². The summed E-state index contributed by atoms with van der Waals surface area (Å²) < 4.78 is 5.83. The van der Waals surface area contributed by atoms with Crippen molar-refractivity contribution < 1.29 is 4.74 Å². The number of nitrogens with zero attached hydrogens (tertiary/aromatic N) is 2. The summed E-state index contributed by atoms with van der Waals surface area (Å²) >= 11 is 1.61. The van der Waals surface area contributed by atoms with Crippen molar-refractivity contribution in [3.8, 4) is 5.75 Å². The molecule has 1 aromatic carbocycles. The standard InChI is InChI=1S/C17H23N3OS/c1-4-5-8-11-21-16-10-7-6-9-15(16)12-18-20-17-19-13(2)14(3)22-17/h6-7,9-10,12H,4-5,8,11H2,1-3H3,(H,19,20)/b18-12+. The minimum Gasteiger partial charge on any atom is -0.493 e. The number of benzene rings is 1. The van der Waals surface area contributed by atoms with Crippen LogP contribution in [0.1, 0.15) is 42.3 Å². The number of aromatic nitrogens is 1. The first-order valence-electron chi connectivity index (χ1n) is 7.65. The molecule has 5 heteroatoms. The molecule has 0 aliphatic rings. The molecule has 1 heterocycles. The number of hydrazone groups is 1. The van der Waals surface area contributed by atoms with Crippen molar-refractivity contribution in [2.24, 2.45) is 5.10 Å². The van der Waals surface area contributed by atoms with Crippen LogP contribution in [0.5, 0.6) is 5.75 Å². The van der Waals surface area contributed by atoms with Gasteiger partial charge in [-0.25, -0.2) is 4.98 Å². The summed E-state index contributed by atoms with van der Waals surface area (Å²) in [5.74, 6) is 0.871. The summed E-state index contributed by atoms with van der Waals surface area (Å²) in [5, 5.41) is 5.08. The van der Waals surface area contributed by atoms with Gasteiger partial charge in [0.2, 0.25) is 5.13 Å². The van der Waals surface area contributed by atoms with E-state index in [0.717, 1.165) is 35.2 Å². The second-order valence-corrected chi connectivity index (χ2v) is 6.33. The molecule has 0 fully saturated rings. The monoisotopic (exact) mass is 317 g/mol. The first-order chi connectivity index (χ1) is 10.7. The Balaban J connectivity index is 1.95. The van der Waals surface area contributed by atoms with Crippen LogP contribution in [0.2, 0.25) is 0 Å². The van der Waals surface area contributed by atoms with E-state index in [2.05, 4.69) is 29.4 Å². The van der Waals surface area contributed by atoms with Crippen LogP contribution in [0, 0.1) is 13.8 Å².